The molecule has 0 aliphatic rings. The molecule has 4 nitrogen and oxygen atoms in total. The Morgan fingerprint density at radius 1 is 1.60 bits per heavy atom. The van der Waals surface area contributed by atoms with Gasteiger partial charge in [0.2, 0.25) is 5.76 Å². The average Bonchev–Trinajstić information content (AvgIpc) is 2.74. The van der Waals surface area contributed by atoms with Crippen molar-refractivity contribution in [2.24, 2.45) is 0 Å². The third kappa shape index (κ3) is 2.16. The van der Waals surface area contributed by atoms with E-state index >= 15 is 0 Å². The number of hydrogen-bond donors (Lipinski definition) is 0. The van der Waals surface area contributed by atoms with Gasteiger partial charge in [0.25, 0.3) is 0 Å². The number of pyridine rings is 1. The summed E-state index contributed by atoms with van der Waals surface area (Å²) >= 11 is 5.74. The molecule has 0 aromatic carbocycles. The van der Waals surface area contributed by atoms with Gasteiger partial charge in [0.05, 0.1) is 18.7 Å². The predicted molar refractivity (Wildman–Crippen MR) is 51.7 cm³/mol. The van der Waals surface area contributed by atoms with Crippen molar-refractivity contribution >= 4 is 17.6 Å². The zero-order valence-electron chi connectivity index (χ0n) is 7.44. The Balaban J connectivity index is 2.17. The van der Waals surface area contributed by atoms with Crippen LogP contribution in [0.1, 0.15) is 10.6 Å². The lowest BCUT2D eigenvalue weighted by Gasteiger charge is -2.02. The topological polar surface area (TPSA) is 52.3 Å². The maximum atomic E-state index is 11.4. The van der Waals surface area contributed by atoms with Crippen LogP contribution in [0.15, 0.2) is 35.1 Å². The Morgan fingerprint density at radius 3 is 3.13 bits per heavy atom. The van der Waals surface area contributed by atoms with Crippen LogP contribution in [0.2, 0.25) is 5.02 Å². The summed E-state index contributed by atoms with van der Waals surface area (Å²) in [7, 11) is 0. The predicted octanol–water partition coefficient (Wildman–Crippen LogP) is 2.35. The third-order valence-corrected chi connectivity index (χ3v) is 1.89. The molecule has 5 heteroatoms. The molecule has 0 aliphatic carbocycles. The van der Waals surface area contributed by atoms with E-state index in [4.69, 9.17) is 20.8 Å². The first kappa shape index (κ1) is 9.73. The minimum absolute atomic E-state index is 0.114. The van der Waals surface area contributed by atoms with Gasteiger partial charge in [0.1, 0.15) is 5.02 Å². The number of carbonyl (C=O) groups is 1. The van der Waals surface area contributed by atoms with Gasteiger partial charge in [-0.05, 0) is 12.1 Å². The van der Waals surface area contributed by atoms with Crippen molar-refractivity contribution in [3.05, 3.63) is 47.6 Å². The molecular formula is C10H5ClNO3. The maximum Gasteiger partial charge on any atom is 0.379 e. The van der Waals surface area contributed by atoms with E-state index in [1.54, 1.807) is 6.07 Å². The average molecular weight is 223 g/mol. The highest BCUT2D eigenvalue weighted by Gasteiger charge is 2.12. The van der Waals surface area contributed by atoms with Crippen molar-refractivity contribution < 1.29 is 13.9 Å². The number of esters is 1. The second-order valence-corrected chi connectivity index (χ2v) is 3.02. The van der Waals surface area contributed by atoms with Crippen molar-refractivity contribution in [3.63, 3.8) is 0 Å². The van der Waals surface area contributed by atoms with Gasteiger partial charge in [-0.3, -0.25) is 4.98 Å². The van der Waals surface area contributed by atoms with Crippen LogP contribution < -0.4 is 4.74 Å². The summed E-state index contributed by atoms with van der Waals surface area (Å²) in [6.45, 7) is 0. The zero-order valence-corrected chi connectivity index (χ0v) is 8.19. The van der Waals surface area contributed by atoms with Crippen molar-refractivity contribution in [2.45, 2.75) is 0 Å². The third-order valence-electron chi connectivity index (χ3n) is 1.61. The number of furan rings is 1. The summed E-state index contributed by atoms with van der Waals surface area (Å²) in [5.41, 5.74) is 0. The molecule has 75 valence electrons. The summed E-state index contributed by atoms with van der Waals surface area (Å²) in [4.78, 5) is 15.1. The van der Waals surface area contributed by atoms with Crippen LogP contribution >= 0.6 is 11.6 Å². The number of rotatable bonds is 2. The minimum atomic E-state index is -0.610. The number of ether oxygens (including phenoxy) is 1. The Labute approximate surface area is 90.4 Å². The molecule has 0 bridgehead atoms. The molecule has 1 radical (unpaired) electrons. The standard InChI is InChI=1S/C10H5ClNO3/c11-7-6-12-4-3-8(7)15-10(13)9-2-1-5-14-9/h1-3,5-6H. The molecule has 2 heterocycles. The van der Waals surface area contributed by atoms with E-state index in [-0.39, 0.29) is 16.5 Å². The van der Waals surface area contributed by atoms with Gasteiger partial charge in [-0.2, -0.15) is 0 Å². The monoisotopic (exact) mass is 222 g/mol. The molecule has 0 spiro atoms. The lowest BCUT2D eigenvalue weighted by Crippen LogP contribution is -2.07. The normalized spacial score (nSPS) is 9.93. The van der Waals surface area contributed by atoms with Crippen LogP contribution in [0.3, 0.4) is 0 Å². The first-order valence-corrected chi connectivity index (χ1v) is 4.42. The van der Waals surface area contributed by atoms with E-state index in [2.05, 4.69) is 11.2 Å². The lowest BCUT2D eigenvalue weighted by molar-refractivity contribution is 0.0701. The van der Waals surface area contributed by atoms with E-state index in [0.717, 1.165) is 0 Å². The van der Waals surface area contributed by atoms with Crippen molar-refractivity contribution in [2.75, 3.05) is 0 Å². The zero-order chi connectivity index (χ0) is 10.7. The summed E-state index contributed by atoms with van der Waals surface area (Å²) in [6, 6.07) is 4.47. The van der Waals surface area contributed by atoms with Crippen LogP contribution in [-0.2, 0) is 0 Å². The van der Waals surface area contributed by atoms with Gasteiger partial charge in [0.15, 0.2) is 5.75 Å². The first-order chi connectivity index (χ1) is 7.27. The second kappa shape index (κ2) is 4.14. The summed E-state index contributed by atoms with van der Waals surface area (Å²) < 4.78 is 9.82. The van der Waals surface area contributed by atoms with Crippen molar-refractivity contribution in [1.29, 1.82) is 0 Å². The SMILES string of the molecule is O=C(Oc1c[c]ncc1Cl)c1ccco1. The number of halogens is 1. The molecule has 0 atom stereocenters. The van der Waals surface area contributed by atoms with Gasteiger partial charge in [-0.1, -0.05) is 11.6 Å². The molecule has 0 unspecified atom stereocenters. The van der Waals surface area contributed by atoms with E-state index < -0.39 is 5.97 Å². The van der Waals surface area contributed by atoms with Crippen molar-refractivity contribution in [1.82, 2.24) is 4.98 Å². The van der Waals surface area contributed by atoms with Gasteiger partial charge < -0.3 is 9.15 Å². The molecule has 0 N–H and O–H groups in total. The highest BCUT2D eigenvalue weighted by atomic mass is 35.5. The lowest BCUT2D eigenvalue weighted by atomic mass is 10.4. The molecular weight excluding hydrogens is 218 g/mol. The Hall–Kier alpha value is -1.81. The molecule has 0 fully saturated rings. The fraction of sp³-hybridized carbons (Fsp3) is 0. The van der Waals surface area contributed by atoms with E-state index in [1.807, 2.05) is 0 Å². The largest absolute Gasteiger partial charge is 0.457 e. The van der Waals surface area contributed by atoms with Gasteiger partial charge >= 0.3 is 5.97 Å². The summed E-state index contributed by atoms with van der Waals surface area (Å²) in [6.07, 6.45) is 5.24. The molecule has 2 aromatic heterocycles. The maximum absolute atomic E-state index is 11.4. The molecule has 2 rings (SSSR count). The number of carbonyl (C=O) groups excluding carboxylic acids is 1. The number of nitrogens with zero attached hydrogens (tertiary/aromatic N) is 1. The van der Waals surface area contributed by atoms with Gasteiger partial charge in [-0.15, -0.1) is 0 Å². The van der Waals surface area contributed by atoms with Gasteiger partial charge in [0, 0.05) is 6.07 Å². The van der Waals surface area contributed by atoms with Crippen LogP contribution in [-0.4, -0.2) is 11.0 Å². The molecule has 0 saturated carbocycles. The molecule has 0 aliphatic heterocycles. The fourth-order valence-electron chi connectivity index (χ4n) is 0.945. The van der Waals surface area contributed by atoms with E-state index in [1.165, 1.54) is 24.6 Å². The number of hydrogen-bond acceptors (Lipinski definition) is 4. The summed E-state index contributed by atoms with van der Waals surface area (Å²) in [5, 5.41) is 0.244. The Bertz CT molecular complexity index is 467. The quantitative estimate of drug-likeness (QED) is 0.732. The first-order valence-electron chi connectivity index (χ1n) is 4.04. The Morgan fingerprint density at radius 2 is 2.47 bits per heavy atom. The smallest absolute Gasteiger partial charge is 0.379 e. The van der Waals surface area contributed by atoms with Crippen LogP contribution in [0.5, 0.6) is 5.75 Å². The highest BCUT2D eigenvalue weighted by molar-refractivity contribution is 6.32. The molecule has 2 aromatic rings. The van der Waals surface area contributed by atoms with Crippen molar-refractivity contribution in [3.8, 4) is 5.75 Å². The molecule has 15 heavy (non-hydrogen) atoms. The van der Waals surface area contributed by atoms with E-state index in [0.29, 0.717) is 0 Å². The Kier molecular flexibility index (Phi) is 2.69. The fourth-order valence-corrected chi connectivity index (χ4v) is 1.09. The summed E-state index contributed by atoms with van der Waals surface area (Å²) in [5.74, 6) is -0.294. The number of aromatic nitrogens is 1. The molecule has 0 amide bonds. The second-order valence-electron chi connectivity index (χ2n) is 2.61. The van der Waals surface area contributed by atoms with Crippen LogP contribution in [0.4, 0.5) is 0 Å². The van der Waals surface area contributed by atoms with E-state index in [9.17, 15) is 4.79 Å². The molecule has 0 saturated heterocycles. The highest BCUT2D eigenvalue weighted by Crippen LogP contribution is 2.22. The van der Waals surface area contributed by atoms with Crippen LogP contribution in [0.25, 0.3) is 0 Å². The van der Waals surface area contributed by atoms with Crippen LogP contribution in [0, 0.1) is 6.20 Å². The van der Waals surface area contributed by atoms with Gasteiger partial charge in [-0.25, -0.2) is 4.79 Å². The minimum Gasteiger partial charge on any atom is -0.457 e.